The van der Waals surface area contributed by atoms with Gasteiger partial charge in [-0.2, -0.15) is 0 Å². The van der Waals surface area contributed by atoms with Crippen LogP contribution in [-0.4, -0.2) is 12.3 Å². The number of carbonyl (C=O) groups is 1. The first-order valence-corrected chi connectivity index (χ1v) is 7.60. The van der Waals surface area contributed by atoms with Crippen molar-refractivity contribution in [1.29, 1.82) is 0 Å². The molecule has 0 amide bonds. The Kier molecular flexibility index (Phi) is 5.00. The Bertz CT molecular complexity index is 407. The van der Waals surface area contributed by atoms with Crippen molar-refractivity contribution in [3.8, 4) is 0 Å². The number of carbonyl (C=O) groups excluding carboxylic acids is 1. The van der Waals surface area contributed by atoms with E-state index in [-0.39, 0.29) is 0 Å². The van der Waals surface area contributed by atoms with Crippen LogP contribution < -0.4 is 5.32 Å². The van der Waals surface area contributed by atoms with E-state index in [0.717, 1.165) is 45.1 Å². The normalized spacial score (nSPS) is 16.6. The molecule has 104 valence electrons. The van der Waals surface area contributed by atoms with Crippen molar-refractivity contribution >= 4 is 11.5 Å². The summed E-state index contributed by atoms with van der Waals surface area (Å²) < 4.78 is 0. The molecule has 1 aromatic carbocycles. The minimum atomic E-state index is 0.444. The lowest BCUT2D eigenvalue weighted by Gasteiger charge is -2.23. The highest BCUT2D eigenvalue weighted by Gasteiger charge is 2.18. The third-order valence-corrected chi connectivity index (χ3v) is 4.23. The molecular formula is C17H25NO. The highest BCUT2D eigenvalue weighted by atomic mass is 16.1. The number of rotatable bonds is 5. The van der Waals surface area contributed by atoms with Crippen LogP contribution in [0.5, 0.6) is 0 Å². The van der Waals surface area contributed by atoms with Gasteiger partial charge in [-0.15, -0.1) is 0 Å². The Hall–Kier alpha value is -1.31. The summed E-state index contributed by atoms with van der Waals surface area (Å²) in [6.45, 7) is 5.43. The van der Waals surface area contributed by atoms with Gasteiger partial charge in [-0.1, -0.05) is 32.0 Å². The molecule has 0 bridgehead atoms. The number of para-hydroxylation sites is 1. The van der Waals surface area contributed by atoms with E-state index in [1.807, 2.05) is 0 Å². The van der Waals surface area contributed by atoms with Gasteiger partial charge in [-0.05, 0) is 42.7 Å². The van der Waals surface area contributed by atoms with Gasteiger partial charge in [0.25, 0.3) is 0 Å². The lowest BCUT2D eigenvalue weighted by Crippen LogP contribution is -2.21. The molecule has 0 aliphatic heterocycles. The summed E-state index contributed by atoms with van der Waals surface area (Å²) in [5.41, 5.74) is 4.15. The summed E-state index contributed by atoms with van der Waals surface area (Å²) in [6, 6.07) is 6.58. The Balaban J connectivity index is 2.00. The molecule has 2 heteroatoms. The maximum absolute atomic E-state index is 11.3. The number of anilines is 1. The molecule has 0 unspecified atom stereocenters. The van der Waals surface area contributed by atoms with Gasteiger partial charge in [0, 0.05) is 25.1 Å². The molecule has 1 aliphatic carbocycles. The first kappa shape index (κ1) is 14.1. The largest absolute Gasteiger partial charge is 0.384 e. The van der Waals surface area contributed by atoms with Crippen LogP contribution in [0.3, 0.4) is 0 Å². The van der Waals surface area contributed by atoms with Crippen molar-refractivity contribution in [2.45, 2.75) is 52.4 Å². The van der Waals surface area contributed by atoms with Crippen LogP contribution in [0.1, 0.15) is 50.7 Å². The van der Waals surface area contributed by atoms with Crippen molar-refractivity contribution < 1.29 is 4.79 Å². The molecule has 1 N–H and O–H groups in total. The molecule has 0 radical (unpaired) electrons. The molecule has 0 atom stereocenters. The minimum Gasteiger partial charge on any atom is -0.384 e. The second kappa shape index (κ2) is 6.74. The summed E-state index contributed by atoms with van der Waals surface area (Å²) >= 11 is 0. The quantitative estimate of drug-likeness (QED) is 0.866. The Morgan fingerprint density at radius 2 is 1.68 bits per heavy atom. The van der Waals surface area contributed by atoms with Crippen molar-refractivity contribution in [3.05, 3.63) is 29.3 Å². The molecule has 0 saturated heterocycles. The van der Waals surface area contributed by atoms with Gasteiger partial charge in [0.05, 0.1) is 0 Å². The van der Waals surface area contributed by atoms with Gasteiger partial charge in [-0.3, -0.25) is 4.79 Å². The predicted molar refractivity (Wildman–Crippen MR) is 80.7 cm³/mol. The van der Waals surface area contributed by atoms with Crippen LogP contribution in [0, 0.1) is 5.92 Å². The van der Waals surface area contributed by atoms with E-state index in [9.17, 15) is 4.79 Å². The van der Waals surface area contributed by atoms with Crippen LogP contribution >= 0.6 is 0 Å². The van der Waals surface area contributed by atoms with Gasteiger partial charge in [0.15, 0.2) is 0 Å². The zero-order valence-electron chi connectivity index (χ0n) is 12.2. The lowest BCUT2D eigenvalue weighted by atomic mass is 9.88. The number of hydrogen-bond acceptors (Lipinski definition) is 2. The molecule has 2 rings (SSSR count). The van der Waals surface area contributed by atoms with E-state index < -0.39 is 0 Å². The molecule has 1 aromatic rings. The summed E-state index contributed by atoms with van der Waals surface area (Å²) in [5, 5.41) is 3.66. The van der Waals surface area contributed by atoms with Gasteiger partial charge in [0.2, 0.25) is 0 Å². The van der Waals surface area contributed by atoms with E-state index in [0.29, 0.717) is 11.7 Å². The fraction of sp³-hybridized carbons (Fsp3) is 0.588. The van der Waals surface area contributed by atoms with Crippen molar-refractivity contribution in [2.24, 2.45) is 5.92 Å². The topological polar surface area (TPSA) is 29.1 Å². The fourth-order valence-corrected chi connectivity index (χ4v) is 2.92. The van der Waals surface area contributed by atoms with Gasteiger partial charge in [0.1, 0.15) is 5.78 Å². The van der Waals surface area contributed by atoms with Crippen LogP contribution in [0.25, 0.3) is 0 Å². The second-order valence-electron chi connectivity index (χ2n) is 5.52. The summed E-state index contributed by atoms with van der Waals surface area (Å²) in [6.07, 6.45) is 5.81. The number of hydrogen-bond donors (Lipinski definition) is 1. The maximum Gasteiger partial charge on any atom is 0.132 e. The molecule has 1 fully saturated rings. The molecule has 19 heavy (non-hydrogen) atoms. The van der Waals surface area contributed by atoms with Gasteiger partial charge in [-0.25, -0.2) is 0 Å². The zero-order valence-corrected chi connectivity index (χ0v) is 12.2. The number of Topliss-reactive ketones (excluding diaryl/α,β-unsaturated/α-hetero) is 1. The van der Waals surface area contributed by atoms with Crippen molar-refractivity contribution in [2.75, 3.05) is 11.9 Å². The molecule has 0 aromatic heterocycles. The minimum absolute atomic E-state index is 0.444. The molecule has 1 saturated carbocycles. The number of aryl methyl sites for hydroxylation is 2. The molecular weight excluding hydrogens is 234 g/mol. The van der Waals surface area contributed by atoms with E-state index >= 15 is 0 Å². The van der Waals surface area contributed by atoms with E-state index in [1.54, 1.807) is 0 Å². The highest BCUT2D eigenvalue weighted by molar-refractivity contribution is 5.79. The Labute approximate surface area is 116 Å². The third-order valence-electron chi connectivity index (χ3n) is 4.23. The number of ketones is 1. The summed E-state index contributed by atoms with van der Waals surface area (Å²) in [7, 11) is 0. The summed E-state index contributed by atoms with van der Waals surface area (Å²) in [4.78, 5) is 11.3. The molecule has 0 heterocycles. The second-order valence-corrected chi connectivity index (χ2v) is 5.52. The first-order chi connectivity index (χ1) is 9.24. The van der Waals surface area contributed by atoms with Crippen molar-refractivity contribution in [3.63, 3.8) is 0 Å². The van der Waals surface area contributed by atoms with Crippen LogP contribution in [0.15, 0.2) is 18.2 Å². The molecule has 0 spiro atoms. The van der Waals surface area contributed by atoms with Crippen LogP contribution in [-0.2, 0) is 17.6 Å². The van der Waals surface area contributed by atoms with E-state index in [2.05, 4.69) is 37.4 Å². The highest BCUT2D eigenvalue weighted by Crippen LogP contribution is 2.26. The average Bonchev–Trinajstić information content (AvgIpc) is 2.46. The van der Waals surface area contributed by atoms with Gasteiger partial charge >= 0.3 is 0 Å². The Morgan fingerprint density at radius 1 is 1.11 bits per heavy atom. The monoisotopic (exact) mass is 259 g/mol. The smallest absolute Gasteiger partial charge is 0.132 e. The standard InChI is InChI=1S/C17H25NO/c1-3-14-6-5-7-15(4-2)17(14)18-12-13-8-10-16(19)11-9-13/h5-7,13,18H,3-4,8-12H2,1-2H3. The predicted octanol–water partition coefficient (Wildman–Crippen LogP) is 3.98. The Morgan fingerprint density at radius 3 is 2.21 bits per heavy atom. The molecule has 1 aliphatic rings. The first-order valence-electron chi connectivity index (χ1n) is 7.60. The summed E-state index contributed by atoms with van der Waals surface area (Å²) in [5.74, 6) is 1.10. The fourth-order valence-electron chi connectivity index (χ4n) is 2.92. The van der Waals surface area contributed by atoms with Crippen LogP contribution in [0.4, 0.5) is 5.69 Å². The zero-order chi connectivity index (χ0) is 13.7. The third kappa shape index (κ3) is 3.59. The lowest BCUT2D eigenvalue weighted by molar-refractivity contribution is -0.120. The van der Waals surface area contributed by atoms with Gasteiger partial charge < -0.3 is 5.32 Å². The number of benzene rings is 1. The van der Waals surface area contributed by atoms with E-state index in [1.165, 1.54) is 16.8 Å². The van der Waals surface area contributed by atoms with Crippen molar-refractivity contribution in [1.82, 2.24) is 0 Å². The SMILES string of the molecule is CCc1cccc(CC)c1NCC1CCC(=O)CC1. The van der Waals surface area contributed by atoms with Crippen LogP contribution in [0.2, 0.25) is 0 Å². The maximum atomic E-state index is 11.3. The van der Waals surface area contributed by atoms with E-state index in [4.69, 9.17) is 0 Å². The molecule has 2 nitrogen and oxygen atoms in total. The number of nitrogens with one attached hydrogen (secondary N) is 1. The average molecular weight is 259 g/mol.